The van der Waals surface area contributed by atoms with E-state index < -0.39 is 35.1 Å². The number of aliphatic hydroxyl groups is 1. The van der Waals surface area contributed by atoms with Gasteiger partial charge in [0.15, 0.2) is 11.6 Å². The van der Waals surface area contributed by atoms with Gasteiger partial charge in [-0.05, 0) is 35.9 Å². The van der Waals surface area contributed by atoms with Gasteiger partial charge in [-0.3, -0.25) is 14.5 Å². The molecule has 180 valence electrons. The number of phenols is 1. The molecule has 0 aliphatic carbocycles. The first-order valence-corrected chi connectivity index (χ1v) is 10.5. The summed E-state index contributed by atoms with van der Waals surface area (Å²) in [6.45, 7) is 0. The van der Waals surface area contributed by atoms with Gasteiger partial charge in [0, 0.05) is 17.8 Å². The van der Waals surface area contributed by atoms with E-state index >= 15 is 0 Å². The third kappa shape index (κ3) is 4.15. The van der Waals surface area contributed by atoms with Crippen molar-refractivity contribution in [1.82, 2.24) is 0 Å². The maximum Gasteiger partial charge on any atom is 0.300 e. The smallest absolute Gasteiger partial charge is 0.300 e. The number of hydrogen-bond donors (Lipinski definition) is 2. The lowest BCUT2D eigenvalue weighted by Crippen LogP contribution is -2.29. The van der Waals surface area contributed by atoms with E-state index in [2.05, 4.69) is 0 Å². The Bertz CT molecular complexity index is 1390. The summed E-state index contributed by atoms with van der Waals surface area (Å²) in [7, 11) is 2.71. The lowest BCUT2D eigenvalue weighted by atomic mass is 9.94. The number of amides is 1. The van der Waals surface area contributed by atoms with Gasteiger partial charge in [0.05, 0.1) is 36.4 Å². The van der Waals surface area contributed by atoms with Gasteiger partial charge in [0.2, 0.25) is 0 Å². The summed E-state index contributed by atoms with van der Waals surface area (Å²) in [5, 5.41) is 21.4. The molecule has 10 heteroatoms. The number of ketones is 1. The second-order valence-electron chi connectivity index (χ2n) is 7.55. The number of hydrogen-bond acceptors (Lipinski definition) is 6. The fraction of sp³-hybridized carbons (Fsp3) is 0.120. The molecule has 2 N–H and O–H groups in total. The van der Waals surface area contributed by atoms with Crippen LogP contribution in [-0.4, -0.2) is 36.1 Å². The SMILES string of the molecule is COc1cc(OC)c(/C(O)=C2\C(=O)C(=O)N(c3ccc(F)c(F)c3)C2c2cccc(O)c2)cc1Cl. The first kappa shape index (κ1) is 24.0. The Morgan fingerprint density at radius 3 is 2.31 bits per heavy atom. The van der Waals surface area contributed by atoms with Crippen LogP contribution < -0.4 is 14.4 Å². The van der Waals surface area contributed by atoms with E-state index in [-0.39, 0.29) is 44.7 Å². The monoisotopic (exact) mass is 501 g/mol. The number of aromatic hydroxyl groups is 1. The van der Waals surface area contributed by atoms with Crippen molar-refractivity contribution in [2.24, 2.45) is 0 Å². The van der Waals surface area contributed by atoms with Gasteiger partial charge in [-0.25, -0.2) is 8.78 Å². The number of benzene rings is 3. The molecule has 3 aromatic rings. The summed E-state index contributed by atoms with van der Waals surface area (Å²) in [4.78, 5) is 27.2. The molecule has 0 saturated carbocycles. The molecule has 1 saturated heterocycles. The summed E-state index contributed by atoms with van der Waals surface area (Å²) in [5.74, 6) is -5.02. The van der Waals surface area contributed by atoms with Crippen molar-refractivity contribution < 1.29 is 38.1 Å². The highest BCUT2D eigenvalue weighted by Crippen LogP contribution is 2.45. The molecule has 1 unspecified atom stereocenters. The van der Waals surface area contributed by atoms with Crippen molar-refractivity contribution in [3.63, 3.8) is 0 Å². The Kier molecular flexibility index (Phi) is 6.36. The number of phenolic OH excluding ortho intramolecular Hbond substituents is 1. The summed E-state index contributed by atoms with van der Waals surface area (Å²) in [6.07, 6.45) is 0. The van der Waals surface area contributed by atoms with Crippen LogP contribution in [0.5, 0.6) is 17.2 Å². The second-order valence-corrected chi connectivity index (χ2v) is 7.96. The topological polar surface area (TPSA) is 96.3 Å². The van der Waals surface area contributed by atoms with Crippen LogP contribution in [0.4, 0.5) is 14.5 Å². The standard InChI is InChI=1S/C25H18ClF2NO6/c1-34-19-11-20(35-2)16(26)10-15(19)23(31)21-22(12-4-3-5-14(30)8-12)29(25(33)24(21)32)13-6-7-17(27)18(28)9-13/h3-11,22,30-31H,1-2H3/b23-21+. The number of aliphatic hydroxyl groups excluding tert-OH is 1. The van der Waals surface area contributed by atoms with E-state index in [0.717, 1.165) is 23.1 Å². The summed E-state index contributed by atoms with van der Waals surface area (Å²) >= 11 is 6.22. The average Bonchev–Trinajstić information content (AvgIpc) is 3.10. The van der Waals surface area contributed by atoms with E-state index in [0.29, 0.717) is 0 Å². The minimum atomic E-state index is -1.29. The summed E-state index contributed by atoms with van der Waals surface area (Å²) < 4.78 is 38.1. The Labute approximate surface area is 203 Å². The lowest BCUT2D eigenvalue weighted by molar-refractivity contribution is -0.132. The van der Waals surface area contributed by atoms with E-state index in [9.17, 15) is 28.6 Å². The molecule has 1 atom stereocenters. The Balaban J connectivity index is 2.00. The number of Topliss-reactive ketones (excluding diaryl/α,β-unsaturated/α-hetero) is 1. The Hall–Kier alpha value is -4.11. The van der Waals surface area contributed by atoms with E-state index in [1.807, 2.05) is 0 Å². The van der Waals surface area contributed by atoms with E-state index in [1.54, 1.807) is 0 Å². The van der Waals surface area contributed by atoms with Crippen molar-refractivity contribution in [2.45, 2.75) is 6.04 Å². The zero-order valence-corrected chi connectivity index (χ0v) is 19.1. The van der Waals surface area contributed by atoms with E-state index in [1.165, 1.54) is 50.6 Å². The van der Waals surface area contributed by atoms with Crippen LogP contribution >= 0.6 is 11.6 Å². The number of nitrogens with zero attached hydrogens (tertiary/aromatic N) is 1. The predicted octanol–water partition coefficient (Wildman–Crippen LogP) is 4.97. The zero-order valence-electron chi connectivity index (χ0n) is 18.4. The van der Waals surface area contributed by atoms with Crippen LogP contribution in [0, 0.1) is 11.6 Å². The highest BCUT2D eigenvalue weighted by molar-refractivity contribution is 6.51. The molecule has 1 aliphatic heterocycles. The molecule has 1 heterocycles. The molecule has 1 fully saturated rings. The Morgan fingerprint density at radius 2 is 1.69 bits per heavy atom. The first-order chi connectivity index (χ1) is 16.7. The highest BCUT2D eigenvalue weighted by atomic mass is 35.5. The number of halogens is 3. The van der Waals surface area contributed by atoms with Gasteiger partial charge in [0.1, 0.15) is 23.0 Å². The van der Waals surface area contributed by atoms with Crippen LogP contribution in [0.1, 0.15) is 17.2 Å². The van der Waals surface area contributed by atoms with Gasteiger partial charge < -0.3 is 19.7 Å². The maximum absolute atomic E-state index is 14.0. The maximum atomic E-state index is 14.0. The molecule has 0 radical (unpaired) electrons. The number of anilines is 1. The van der Waals surface area contributed by atoms with Gasteiger partial charge >= 0.3 is 0 Å². The van der Waals surface area contributed by atoms with Crippen molar-refractivity contribution in [3.05, 3.63) is 88.0 Å². The quantitative estimate of drug-likeness (QED) is 0.291. The average molecular weight is 502 g/mol. The third-order valence-electron chi connectivity index (χ3n) is 5.54. The normalized spacial score (nSPS) is 17.1. The molecule has 35 heavy (non-hydrogen) atoms. The lowest BCUT2D eigenvalue weighted by Gasteiger charge is -2.25. The Morgan fingerprint density at radius 1 is 0.971 bits per heavy atom. The minimum Gasteiger partial charge on any atom is -0.508 e. The molecule has 1 amide bonds. The molecular formula is C25H18ClF2NO6. The number of ether oxygens (including phenoxy) is 2. The number of carbonyl (C=O) groups excluding carboxylic acids is 2. The highest BCUT2D eigenvalue weighted by Gasteiger charge is 2.47. The zero-order chi connectivity index (χ0) is 25.4. The minimum absolute atomic E-state index is 0.00765. The number of carbonyl (C=O) groups is 2. The summed E-state index contributed by atoms with van der Waals surface area (Å²) in [5.41, 5.74) is -0.274. The van der Waals surface area contributed by atoms with Gasteiger partial charge in [-0.15, -0.1) is 0 Å². The number of methoxy groups -OCH3 is 2. The molecular weight excluding hydrogens is 484 g/mol. The van der Waals surface area contributed by atoms with Gasteiger partial charge in [-0.2, -0.15) is 0 Å². The van der Waals surface area contributed by atoms with Crippen LogP contribution in [-0.2, 0) is 9.59 Å². The molecule has 0 bridgehead atoms. The molecule has 3 aromatic carbocycles. The van der Waals surface area contributed by atoms with Crippen molar-refractivity contribution in [3.8, 4) is 17.2 Å². The molecule has 7 nitrogen and oxygen atoms in total. The predicted molar refractivity (Wildman–Crippen MR) is 124 cm³/mol. The van der Waals surface area contributed by atoms with Crippen molar-refractivity contribution in [1.29, 1.82) is 0 Å². The fourth-order valence-corrected chi connectivity index (χ4v) is 4.18. The second kappa shape index (κ2) is 9.27. The third-order valence-corrected chi connectivity index (χ3v) is 5.84. The van der Waals surface area contributed by atoms with Crippen LogP contribution in [0.3, 0.4) is 0 Å². The van der Waals surface area contributed by atoms with Crippen LogP contribution in [0.2, 0.25) is 5.02 Å². The van der Waals surface area contributed by atoms with E-state index in [4.69, 9.17) is 21.1 Å². The first-order valence-electron chi connectivity index (χ1n) is 10.1. The van der Waals surface area contributed by atoms with Crippen molar-refractivity contribution in [2.75, 3.05) is 19.1 Å². The molecule has 1 aliphatic rings. The molecule has 4 rings (SSSR count). The number of rotatable bonds is 5. The molecule has 0 spiro atoms. The van der Waals surface area contributed by atoms with Crippen molar-refractivity contribution >= 4 is 34.7 Å². The van der Waals surface area contributed by atoms with Gasteiger partial charge in [-0.1, -0.05) is 23.7 Å². The summed E-state index contributed by atoms with van der Waals surface area (Å²) in [6, 6.07) is 9.76. The van der Waals surface area contributed by atoms with Crippen LogP contribution in [0.25, 0.3) is 5.76 Å². The fourth-order valence-electron chi connectivity index (χ4n) is 3.93. The largest absolute Gasteiger partial charge is 0.508 e. The van der Waals surface area contributed by atoms with Gasteiger partial charge in [0.25, 0.3) is 11.7 Å². The van der Waals surface area contributed by atoms with Crippen LogP contribution in [0.15, 0.2) is 60.2 Å². The molecule has 0 aromatic heterocycles.